The normalized spacial score (nSPS) is 13.3. The number of hydrogen-bond acceptors (Lipinski definition) is 10. The molecule has 12 heteroatoms. The fraction of sp³-hybridized carbons (Fsp3) is 0.370. The molecule has 0 saturated heterocycles. The first-order valence-electron chi connectivity index (χ1n) is 12.4. The number of pyridine rings is 1. The molecule has 0 aliphatic rings. The zero-order valence-electron chi connectivity index (χ0n) is 22.6. The number of methoxy groups -OCH3 is 1. The van der Waals surface area contributed by atoms with Crippen molar-refractivity contribution in [3.8, 4) is 22.8 Å². The van der Waals surface area contributed by atoms with Crippen LogP contribution in [0.25, 0.3) is 17.1 Å². The Balaban J connectivity index is 1.81. The Labute approximate surface area is 227 Å². The summed E-state index contributed by atoms with van der Waals surface area (Å²) < 4.78 is 40.8. The van der Waals surface area contributed by atoms with Crippen LogP contribution < -0.4 is 4.74 Å². The fourth-order valence-electron chi connectivity index (χ4n) is 4.24. The van der Waals surface area contributed by atoms with Gasteiger partial charge in [-0.2, -0.15) is 0 Å². The molecule has 0 radical (unpaired) electrons. The zero-order valence-corrected chi connectivity index (χ0v) is 23.4. The summed E-state index contributed by atoms with van der Waals surface area (Å²) in [5, 5.41) is 17.0. The lowest BCUT2D eigenvalue weighted by atomic mass is 10.1. The highest BCUT2D eigenvalue weighted by atomic mass is 32.2. The maximum atomic E-state index is 13.8. The number of aromatic nitrogens is 6. The van der Waals surface area contributed by atoms with Gasteiger partial charge in [-0.1, -0.05) is 12.1 Å². The van der Waals surface area contributed by atoms with Crippen LogP contribution in [0.5, 0.6) is 5.75 Å². The van der Waals surface area contributed by atoms with E-state index in [0.29, 0.717) is 22.8 Å². The molecule has 4 aromatic rings. The van der Waals surface area contributed by atoms with E-state index in [-0.39, 0.29) is 24.9 Å². The Hall–Kier alpha value is -3.74. The van der Waals surface area contributed by atoms with Crippen LogP contribution in [0.3, 0.4) is 0 Å². The van der Waals surface area contributed by atoms with E-state index in [4.69, 9.17) is 9.47 Å². The quantitative estimate of drug-likeness (QED) is 0.295. The molecule has 0 saturated carbocycles. The molecule has 0 unspecified atom stereocenters. The van der Waals surface area contributed by atoms with E-state index in [1.54, 1.807) is 49.5 Å². The van der Waals surface area contributed by atoms with Crippen LogP contribution in [0.1, 0.15) is 41.4 Å². The van der Waals surface area contributed by atoms with E-state index in [0.717, 1.165) is 16.7 Å². The van der Waals surface area contributed by atoms with Gasteiger partial charge in [0.1, 0.15) is 17.6 Å². The first-order valence-corrected chi connectivity index (χ1v) is 14.1. The minimum absolute atomic E-state index is 0.0666. The van der Waals surface area contributed by atoms with Gasteiger partial charge in [0.05, 0.1) is 31.3 Å². The molecule has 0 spiro atoms. The van der Waals surface area contributed by atoms with Crippen LogP contribution in [0, 0.1) is 20.8 Å². The van der Waals surface area contributed by atoms with Gasteiger partial charge >= 0.3 is 0 Å². The molecule has 39 heavy (non-hydrogen) atoms. The molecule has 3 aromatic heterocycles. The molecule has 3 heterocycles. The van der Waals surface area contributed by atoms with Crippen LogP contribution in [-0.2, 0) is 20.3 Å². The number of aliphatic hydroxyl groups excluding tert-OH is 1. The summed E-state index contributed by atoms with van der Waals surface area (Å²) in [6.07, 6.45) is 5.59. The van der Waals surface area contributed by atoms with Crippen molar-refractivity contribution in [2.45, 2.75) is 44.8 Å². The highest BCUT2D eigenvalue weighted by molar-refractivity contribution is 7.91. The minimum atomic E-state index is -3.91. The van der Waals surface area contributed by atoms with Crippen LogP contribution >= 0.6 is 0 Å². The van der Waals surface area contributed by atoms with Crippen LogP contribution in [0.15, 0.2) is 49.1 Å². The molecule has 4 rings (SSSR count). The highest BCUT2D eigenvalue weighted by Gasteiger charge is 2.35. The van der Waals surface area contributed by atoms with Crippen molar-refractivity contribution < 1.29 is 23.0 Å². The Morgan fingerprint density at radius 1 is 1.03 bits per heavy atom. The summed E-state index contributed by atoms with van der Waals surface area (Å²) in [6, 6.07) is 7.48. The van der Waals surface area contributed by atoms with Gasteiger partial charge in [0.15, 0.2) is 27.3 Å². The van der Waals surface area contributed by atoms with E-state index in [1.165, 1.54) is 0 Å². The van der Waals surface area contributed by atoms with Crippen LogP contribution in [-0.4, -0.2) is 68.8 Å². The molecule has 206 valence electrons. The van der Waals surface area contributed by atoms with E-state index < -0.39 is 26.9 Å². The molecule has 0 aliphatic heterocycles. The van der Waals surface area contributed by atoms with Gasteiger partial charge in [0.25, 0.3) is 0 Å². The standard InChI is InChI=1S/C27H32N6O5S/c1-17-11-21(15-28-12-17)27-32-31-23(33(27)24-19(3)7-6-8-22(24)37-5)16-39(35,36)20(4)25(38-10-9-34)26-29-13-18(2)14-30-26/h6-8,11-15,20,25,34H,9-10,16H2,1-5H3/t20-,25+/m0/s1. The number of ether oxygens (including phenoxy) is 2. The summed E-state index contributed by atoms with van der Waals surface area (Å²) in [7, 11) is -2.35. The predicted octanol–water partition coefficient (Wildman–Crippen LogP) is 3.11. The van der Waals surface area contributed by atoms with Crippen LogP contribution in [0.2, 0.25) is 0 Å². The Morgan fingerprint density at radius 2 is 1.77 bits per heavy atom. The van der Waals surface area contributed by atoms with Gasteiger partial charge in [-0.25, -0.2) is 18.4 Å². The van der Waals surface area contributed by atoms with E-state index in [1.807, 2.05) is 39.0 Å². The second kappa shape index (κ2) is 12.0. The summed E-state index contributed by atoms with van der Waals surface area (Å²) in [6.45, 7) is 6.86. The first kappa shape index (κ1) is 28.3. The van der Waals surface area contributed by atoms with Crippen molar-refractivity contribution in [1.29, 1.82) is 0 Å². The maximum Gasteiger partial charge on any atom is 0.170 e. The highest BCUT2D eigenvalue weighted by Crippen LogP contribution is 2.33. The first-order chi connectivity index (χ1) is 18.7. The topological polar surface area (TPSA) is 142 Å². The monoisotopic (exact) mass is 552 g/mol. The number of benzene rings is 1. The zero-order chi connectivity index (χ0) is 28.2. The molecule has 0 fully saturated rings. The molecular weight excluding hydrogens is 520 g/mol. The number of nitrogens with zero attached hydrogens (tertiary/aromatic N) is 6. The molecule has 2 atom stereocenters. The maximum absolute atomic E-state index is 13.8. The Bertz CT molecular complexity index is 1540. The van der Waals surface area contributed by atoms with E-state index >= 15 is 0 Å². The van der Waals surface area contributed by atoms with Crippen LogP contribution in [0.4, 0.5) is 0 Å². The average molecular weight is 553 g/mol. The molecule has 11 nitrogen and oxygen atoms in total. The third-order valence-electron chi connectivity index (χ3n) is 6.27. The van der Waals surface area contributed by atoms with E-state index in [2.05, 4.69) is 25.1 Å². The summed E-state index contributed by atoms with van der Waals surface area (Å²) >= 11 is 0. The largest absolute Gasteiger partial charge is 0.495 e. The molecular formula is C27H32N6O5S. The summed E-state index contributed by atoms with van der Waals surface area (Å²) in [4.78, 5) is 12.9. The Kier molecular flexibility index (Phi) is 8.68. The van der Waals surface area contributed by atoms with E-state index in [9.17, 15) is 13.5 Å². The second-order valence-corrected chi connectivity index (χ2v) is 11.7. The number of para-hydroxylation sites is 1. The van der Waals surface area contributed by atoms with Gasteiger partial charge in [-0.05, 0) is 56.5 Å². The lowest BCUT2D eigenvalue weighted by Gasteiger charge is -2.23. The Morgan fingerprint density at radius 3 is 2.44 bits per heavy atom. The lowest BCUT2D eigenvalue weighted by molar-refractivity contribution is 0.0226. The molecule has 1 N–H and O–H groups in total. The SMILES string of the molecule is COc1cccc(C)c1-n1c(CS(=O)(=O)[C@@H](C)[C@@H](OCCO)c2ncc(C)cn2)nnc1-c1cncc(C)c1. The van der Waals surface area contributed by atoms with Crippen molar-refractivity contribution in [3.05, 3.63) is 77.4 Å². The van der Waals surface area contributed by atoms with Crippen molar-refractivity contribution >= 4 is 9.84 Å². The molecule has 1 aromatic carbocycles. The number of hydrogen-bond donors (Lipinski definition) is 1. The van der Waals surface area contributed by atoms with Gasteiger partial charge < -0.3 is 14.6 Å². The third-order valence-corrected chi connectivity index (χ3v) is 8.32. The number of sulfone groups is 1. The van der Waals surface area contributed by atoms with Gasteiger partial charge in [0.2, 0.25) is 0 Å². The fourth-order valence-corrected chi connectivity index (χ4v) is 5.63. The molecule has 0 aliphatic carbocycles. The van der Waals surface area contributed by atoms with Crippen molar-refractivity contribution in [1.82, 2.24) is 29.7 Å². The molecule has 0 bridgehead atoms. The number of aliphatic hydroxyl groups is 1. The average Bonchev–Trinajstić information content (AvgIpc) is 3.31. The molecule has 0 amide bonds. The van der Waals surface area contributed by atoms with Crippen molar-refractivity contribution in [2.24, 2.45) is 0 Å². The number of aryl methyl sites for hydroxylation is 3. The summed E-state index contributed by atoms with van der Waals surface area (Å²) in [5.41, 5.74) is 3.91. The van der Waals surface area contributed by atoms with Gasteiger partial charge in [0, 0.05) is 30.4 Å². The smallest absolute Gasteiger partial charge is 0.170 e. The van der Waals surface area contributed by atoms with Gasteiger partial charge in [-0.15, -0.1) is 10.2 Å². The predicted molar refractivity (Wildman–Crippen MR) is 145 cm³/mol. The van der Waals surface area contributed by atoms with Gasteiger partial charge in [-0.3, -0.25) is 9.55 Å². The lowest BCUT2D eigenvalue weighted by Crippen LogP contribution is -2.31. The van der Waals surface area contributed by atoms with Crippen molar-refractivity contribution in [3.63, 3.8) is 0 Å². The third kappa shape index (κ3) is 6.13. The summed E-state index contributed by atoms with van der Waals surface area (Å²) in [5.74, 6) is 0.963. The van der Waals surface area contributed by atoms with Crippen molar-refractivity contribution in [2.75, 3.05) is 20.3 Å². The second-order valence-electron chi connectivity index (χ2n) is 9.30. The minimum Gasteiger partial charge on any atom is -0.495 e. The number of rotatable bonds is 11.